The van der Waals surface area contributed by atoms with Gasteiger partial charge in [-0.25, -0.2) is 22.7 Å². The summed E-state index contributed by atoms with van der Waals surface area (Å²) in [6.45, 7) is 1.81. The first-order valence-electron chi connectivity index (χ1n) is 5.54. The molecule has 19 heavy (non-hydrogen) atoms. The SMILES string of the molecule is Cc1cccc2nc(-c3ccc(F)c(F)c3F)nn12. The highest BCUT2D eigenvalue weighted by atomic mass is 19.2. The lowest BCUT2D eigenvalue weighted by atomic mass is 10.2. The molecule has 3 rings (SSSR count). The minimum atomic E-state index is -1.52. The van der Waals surface area contributed by atoms with E-state index in [4.69, 9.17) is 0 Å². The Bertz CT molecular complexity index is 780. The monoisotopic (exact) mass is 263 g/mol. The number of pyridine rings is 1. The van der Waals surface area contributed by atoms with Gasteiger partial charge in [0.1, 0.15) is 0 Å². The second kappa shape index (κ2) is 4.08. The minimum absolute atomic E-state index is 0.0192. The number of hydrogen-bond acceptors (Lipinski definition) is 2. The van der Waals surface area contributed by atoms with E-state index in [1.165, 1.54) is 4.52 Å². The maximum Gasteiger partial charge on any atom is 0.195 e. The molecule has 0 saturated carbocycles. The smallest absolute Gasteiger partial charge is 0.195 e. The number of halogens is 3. The van der Waals surface area contributed by atoms with Crippen LogP contribution in [0.5, 0.6) is 0 Å². The fourth-order valence-corrected chi connectivity index (χ4v) is 1.85. The summed E-state index contributed by atoms with van der Waals surface area (Å²) in [5.41, 5.74) is 1.15. The molecular formula is C13H8F3N3. The first-order chi connectivity index (χ1) is 9.08. The molecule has 1 aromatic carbocycles. The molecule has 0 spiro atoms. The molecule has 0 aliphatic carbocycles. The van der Waals surface area contributed by atoms with E-state index in [-0.39, 0.29) is 11.4 Å². The summed E-state index contributed by atoms with van der Waals surface area (Å²) < 4.78 is 41.3. The first kappa shape index (κ1) is 11.7. The van der Waals surface area contributed by atoms with Gasteiger partial charge in [-0.1, -0.05) is 6.07 Å². The molecule has 6 heteroatoms. The Kier molecular flexibility index (Phi) is 2.51. The molecule has 2 aromatic heterocycles. The van der Waals surface area contributed by atoms with Gasteiger partial charge in [0.2, 0.25) is 0 Å². The fraction of sp³-hybridized carbons (Fsp3) is 0.0769. The van der Waals surface area contributed by atoms with Crippen molar-refractivity contribution >= 4 is 5.65 Å². The van der Waals surface area contributed by atoms with E-state index in [1.54, 1.807) is 12.1 Å². The zero-order valence-corrected chi connectivity index (χ0v) is 9.86. The van der Waals surface area contributed by atoms with E-state index in [0.29, 0.717) is 5.65 Å². The van der Waals surface area contributed by atoms with Gasteiger partial charge >= 0.3 is 0 Å². The van der Waals surface area contributed by atoms with Crippen LogP contribution in [0.3, 0.4) is 0 Å². The Balaban J connectivity index is 2.25. The summed E-state index contributed by atoms with van der Waals surface area (Å²) in [6.07, 6.45) is 0. The van der Waals surface area contributed by atoms with Crippen molar-refractivity contribution in [2.75, 3.05) is 0 Å². The van der Waals surface area contributed by atoms with Crippen molar-refractivity contribution < 1.29 is 13.2 Å². The minimum Gasteiger partial charge on any atom is -0.218 e. The summed E-state index contributed by atoms with van der Waals surface area (Å²) in [5, 5.41) is 4.09. The third kappa shape index (κ3) is 1.76. The molecule has 3 aromatic rings. The largest absolute Gasteiger partial charge is 0.218 e. The second-order valence-electron chi connectivity index (χ2n) is 4.10. The van der Waals surface area contributed by atoms with Gasteiger partial charge in [-0.2, -0.15) is 0 Å². The van der Waals surface area contributed by atoms with Crippen LogP contribution in [0.2, 0.25) is 0 Å². The predicted molar refractivity (Wildman–Crippen MR) is 63.0 cm³/mol. The number of aryl methyl sites for hydroxylation is 1. The predicted octanol–water partition coefficient (Wildman–Crippen LogP) is 3.12. The second-order valence-corrected chi connectivity index (χ2v) is 4.10. The van der Waals surface area contributed by atoms with Crippen LogP contribution in [-0.4, -0.2) is 14.6 Å². The van der Waals surface area contributed by atoms with E-state index in [9.17, 15) is 13.2 Å². The van der Waals surface area contributed by atoms with Crippen molar-refractivity contribution in [3.8, 4) is 11.4 Å². The Morgan fingerprint density at radius 3 is 2.53 bits per heavy atom. The average Bonchev–Trinajstić information content (AvgIpc) is 2.81. The molecule has 0 radical (unpaired) electrons. The maximum absolute atomic E-state index is 13.7. The molecule has 0 atom stereocenters. The van der Waals surface area contributed by atoms with Crippen LogP contribution in [0.25, 0.3) is 17.0 Å². The Hall–Kier alpha value is -2.37. The van der Waals surface area contributed by atoms with Gasteiger partial charge in [-0.15, -0.1) is 5.10 Å². The number of nitrogens with zero attached hydrogens (tertiary/aromatic N) is 3. The molecule has 3 nitrogen and oxygen atoms in total. The van der Waals surface area contributed by atoms with Crippen molar-refractivity contribution in [1.29, 1.82) is 0 Å². The van der Waals surface area contributed by atoms with Crippen molar-refractivity contribution in [2.24, 2.45) is 0 Å². The standard InChI is InChI=1S/C13H8F3N3/c1-7-3-2-4-10-17-13(18-19(7)10)8-5-6-9(14)12(16)11(8)15/h2-6H,1H3. The summed E-state index contributed by atoms with van der Waals surface area (Å²) in [4.78, 5) is 4.10. The van der Waals surface area contributed by atoms with Crippen molar-refractivity contribution in [1.82, 2.24) is 14.6 Å². The highest BCUT2D eigenvalue weighted by Gasteiger charge is 2.18. The number of rotatable bonds is 1. The van der Waals surface area contributed by atoms with Gasteiger partial charge in [0.05, 0.1) is 5.56 Å². The quantitative estimate of drug-likeness (QED) is 0.631. The van der Waals surface area contributed by atoms with Crippen LogP contribution in [0.1, 0.15) is 5.69 Å². The van der Waals surface area contributed by atoms with Crippen LogP contribution in [0, 0.1) is 24.4 Å². The summed E-state index contributed by atoms with van der Waals surface area (Å²) in [5.74, 6) is -4.02. The number of hydrogen-bond donors (Lipinski definition) is 0. The lowest BCUT2D eigenvalue weighted by Gasteiger charge is -1.99. The number of fused-ring (bicyclic) bond motifs is 1. The van der Waals surface area contributed by atoms with Gasteiger partial charge in [0.15, 0.2) is 28.9 Å². The third-order valence-corrected chi connectivity index (χ3v) is 2.83. The fourth-order valence-electron chi connectivity index (χ4n) is 1.85. The summed E-state index contributed by atoms with van der Waals surface area (Å²) in [6, 6.07) is 7.27. The van der Waals surface area contributed by atoms with Gasteiger partial charge in [-0.05, 0) is 31.2 Å². The van der Waals surface area contributed by atoms with E-state index in [2.05, 4.69) is 10.1 Å². The molecule has 0 saturated heterocycles. The first-order valence-corrected chi connectivity index (χ1v) is 5.54. The molecule has 0 amide bonds. The molecule has 0 unspecified atom stereocenters. The lowest BCUT2D eigenvalue weighted by molar-refractivity contribution is 0.448. The van der Waals surface area contributed by atoms with Gasteiger partial charge in [0.25, 0.3) is 0 Å². The number of benzene rings is 1. The Labute approximate surface area is 106 Å². The molecule has 0 aliphatic heterocycles. The van der Waals surface area contributed by atoms with Gasteiger partial charge in [0, 0.05) is 5.69 Å². The molecule has 96 valence electrons. The zero-order chi connectivity index (χ0) is 13.6. The van der Waals surface area contributed by atoms with Crippen LogP contribution in [0.4, 0.5) is 13.2 Å². The van der Waals surface area contributed by atoms with Crippen molar-refractivity contribution in [2.45, 2.75) is 6.92 Å². The summed E-state index contributed by atoms with van der Waals surface area (Å²) >= 11 is 0. The number of aromatic nitrogens is 3. The van der Waals surface area contributed by atoms with Crippen LogP contribution in [-0.2, 0) is 0 Å². The van der Waals surface area contributed by atoms with Gasteiger partial charge in [-0.3, -0.25) is 0 Å². The molecule has 2 heterocycles. The van der Waals surface area contributed by atoms with Crippen LogP contribution >= 0.6 is 0 Å². The molecule has 0 fully saturated rings. The van der Waals surface area contributed by atoms with E-state index in [1.807, 2.05) is 13.0 Å². The van der Waals surface area contributed by atoms with Gasteiger partial charge < -0.3 is 0 Å². The lowest BCUT2D eigenvalue weighted by Crippen LogP contribution is -1.96. The van der Waals surface area contributed by atoms with Crippen molar-refractivity contribution in [3.63, 3.8) is 0 Å². The molecular weight excluding hydrogens is 255 g/mol. The Morgan fingerprint density at radius 1 is 1.00 bits per heavy atom. The van der Waals surface area contributed by atoms with E-state index >= 15 is 0 Å². The third-order valence-electron chi connectivity index (χ3n) is 2.83. The summed E-state index contributed by atoms with van der Waals surface area (Å²) in [7, 11) is 0. The molecule has 0 bridgehead atoms. The van der Waals surface area contributed by atoms with E-state index in [0.717, 1.165) is 17.8 Å². The molecule has 0 aliphatic rings. The van der Waals surface area contributed by atoms with Crippen LogP contribution in [0.15, 0.2) is 30.3 Å². The highest BCUT2D eigenvalue weighted by Crippen LogP contribution is 2.24. The highest BCUT2D eigenvalue weighted by molar-refractivity contribution is 5.59. The maximum atomic E-state index is 13.7. The normalized spacial score (nSPS) is 11.2. The average molecular weight is 263 g/mol. The topological polar surface area (TPSA) is 30.2 Å². The van der Waals surface area contributed by atoms with E-state index < -0.39 is 17.5 Å². The zero-order valence-electron chi connectivity index (χ0n) is 9.86. The molecule has 0 N–H and O–H groups in total. The van der Waals surface area contributed by atoms with Crippen molar-refractivity contribution in [3.05, 3.63) is 53.5 Å². The Morgan fingerprint density at radius 2 is 1.79 bits per heavy atom. The van der Waals surface area contributed by atoms with Crippen LogP contribution < -0.4 is 0 Å².